The molecule has 0 atom stereocenters. The van der Waals surface area contributed by atoms with E-state index in [1.807, 2.05) is 12.1 Å². The quantitative estimate of drug-likeness (QED) is 0.509. The highest BCUT2D eigenvalue weighted by Gasteiger charge is 2.06. The number of aromatic nitrogens is 1. The number of halogens is 1. The minimum atomic E-state index is -0.470. The molecule has 3 aromatic rings. The van der Waals surface area contributed by atoms with Crippen molar-refractivity contribution in [3.05, 3.63) is 95.6 Å². The topological polar surface area (TPSA) is 48.4 Å². The number of pyridine rings is 1. The van der Waals surface area contributed by atoms with E-state index >= 15 is 0 Å². The Hall–Kier alpha value is -3.65. The number of rotatable bonds is 5. The van der Waals surface area contributed by atoms with Gasteiger partial charge in [-0.2, -0.15) is 0 Å². The fourth-order valence-corrected chi connectivity index (χ4v) is 2.19. The van der Waals surface area contributed by atoms with E-state index in [0.29, 0.717) is 23.5 Å². The van der Waals surface area contributed by atoms with Crippen LogP contribution in [0.2, 0.25) is 0 Å². The van der Waals surface area contributed by atoms with Crippen molar-refractivity contribution in [2.24, 2.45) is 0 Å². The van der Waals surface area contributed by atoms with Crippen molar-refractivity contribution in [1.29, 1.82) is 0 Å². The molecule has 0 spiro atoms. The highest BCUT2D eigenvalue weighted by atomic mass is 19.1. The first-order valence-electron chi connectivity index (χ1n) is 8.24. The number of hydrogen-bond donors (Lipinski definition) is 0. The Labute approximate surface area is 156 Å². The van der Waals surface area contributed by atoms with Gasteiger partial charge >= 0.3 is 5.97 Å². The minimum Gasteiger partial charge on any atom is -0.489 e. The highest BCUT2D eigenvalue weighted by molar-refractivity contribution is 5.89. The summed E-state index contributed by atoms with van der Waals surface area (Å²) in [5, 5.41) is 0. The van der Waals surface area contributed by atoms with E-state index in [9.17, 15) is 9.18 Å². The van der Waals surface area contributed by atoms with Gasteiger partial charge < -0.3 is 9.47 Å². The molecule has 0 N–H and O–H groups in total. The summed E-state index contributed by atoms with van der Waals surface area (Å²) < 4.78 is 23.6. The van der Waals surface area contributed by atoms with Crippen LogP contribution in [0.4, 0.5) is 4.39 Å². The zero-order valence-electron chi connectivity index (χ0n) is 14.4. The first-order valence-corrected chi connectivity index (χ1v) is 8.24. The third-order valence-corrected chi connectivity index (χ3v) is 3.57. The molecule has 5 heteroatoms. The maximum Gasteiger partial charge on any atom is 0.339 e. The predicted octanol–water partition coefficient (Wildman–Crippen LogP) is 4.01. The lowest BCUT2D eigenvalue weighted by molar-refractivity contribution is 0.0556. The lowest BCUT2D eigenvalue weighted by atomic mass is 10.2. The molecule has 2 aromatic carbocycles. The summed E-state index contributed by atoms with van der Waals surface area (Å²) in [6.45, 7) is 0.353. The van der Waals surface area contributed by atoms with Crippen molar-refractivity contribution in [3.8, 4) is 17.6 Å². The molecule has 4 nitrogen and oxygen atoms in total. The van der Waals surface area contributed by atoms with Gasteiger partial charge in [-0.05, 0) is 54.6 Å². The van der Waals surface area contributed by atoms with Crippen LogP contribution in [-0.2, 0) is 11.3 Å². The molecule has 1 heterocycles. The van der Waals surface area contributed by atoms with Gasteiger partial charge in [0.25, 0.3) is 0 Å². The van der Waals surface area contributed by atoms with Gasteiger partial charge in [0.2, 0.25) is 0 Å². The molecule has 27 heavy (non-hydrogen) atoms. The van der Waals surface area contributed by atoms with Crippen molar-refractivity contribution in [2.45, 2.75) is 6.61 Å². The van der Waals surface area contributed by atoms with Crippen LogP contribution in [0, 0.1) is 17.7 Å². The number of esters is 1. The van der Waals surface area contributed by atoms with Crippen LogP contribution < -0.4 is 4.74 Å². The van der Waals surface area contributed by atoms with E-state index in [0.717, 1.165) is 5.56 Å². The summed E-state index contributed by atoms with van der Waals surface area (Å²) in [6.07, 6.45) is 3.44. The summed E-state index contributed by atoms with van der Waals surface area (Å²) >= 11 is 0. The summed E-state index contributed by atoms with van der Waals surface area (Å²) in [4.78, 5) is 16.0. The number of hydrogen-bond acceptors (Lipinski definition) is 4. The van der Waals surface area contributed by atoms with Gasteiger partial charge in [0.05, 0.1) is 5.56 Å². The van der Waals surface area contributed by atoms with E-state index in [2.05, 4.69) is 16.8 Å². The van der Waals surface area contributed by atoms with Crippen LogP contribution in [-0.4, -0.2) is 17.6 Å². The summed E-state index contributed by atoms with van der Waals surface area (Å²) in [6, 6.07) is 16.2. The highest BCUT2D eigenvalue weighted by Crippen LogP contribution is 2.14. The molecule has 134 valence electrons. The van der Waals surface area contributed by atoms with Gasteiger partial charge in [-0.1, -0.05) is 17.9 Å². The Morgan fingerprint density at radius 3 is 2.52 bits per heavy atom. The fraction of sp³-hybridized carbons (Fsp3) is 0.0909. The van der Waals surface area contributed by atoms with E-state index in [4.69, 9.17) is 9.47 Å². The van der Waals surface area contributed by atoms with E-state index in [1.54, 1.807) is 48.8 Å². The second-order valence-corrected chi connectivity index (χ2v) is 5.56. The van der Waals surface area contributed by atoms with Gasteiger partial charge in [0, 0.05) is 23.5 Å². The Balaban J connectivity index is 1.48. The number of carbonyl (C=O) groups is 1. The number of benzene rings is 2. The number of ether oxygens (including phenoxy) is 2. The summed E-state index contributed by atoms with van der Waals surface area (Å²) in [5.74, 6) is 5.38. The molecule has 0 aliphatic rings. The van der Waals surface area contributed by atoms with Crippen LogP contribution in [0.5, 0.6) is 5.75 Å². The average Bonchev–Trinajstić information content (AvgIpc) is 2.72. The molecule has 0 radical (unpaired) electrons. The van der Waals surface area contributed by atoms with Gasteiger partial charge in [0.1, 0.15) is 18.2 Å². The Kier molecular flexibility index (Phi) is 6.16. The van der Waals surface area contributed by atoms with Gasteiger partial charge in [-0.15, -0.1) is 0 Å². The van der Waals surface area contributed by atoms with Crippen LogP contribution >= 0.6 is 0 Å². The lowest BCUT2D eigenvalue weighted by Crippen LogP contribution is -2.05. The Morgan fingerprint density at radius 2 is 1.81 bits per heavy atom. The third-order valence-electron chi connectivity index (χ3n) is 3.57. The van der Waals surface area contributed by atoms with E-state index in [-0.39, 0.29) is 12.4 Å². The largest absolute Gasteiger partial charge is 0.489 e. The summed E-state index contributed by atoms with van der Waals surface area (Å²) in [7, 11) is 0. The van der Waals surface area contributed by atoms with Crippen LogP contribution in [0.15, 0.2) is 73.1 Å². The van der Waals surface area contributed by atoms with Crippen molar-refractivity contribution < 1.29 is 18.7 Å². The smallest absolute Gasteiger partial charge is 0.339 e. The van der Waals surface area contributed by atoms with Crippen molar-refractivity contribution >= 4 is 5.97 Å². The number of carbonyl (C=O) groups excluding carboxylic acids is 1. The second-order valence-electron chi connectivity index (χ2n) is 5.56. The maximum atomic E-state index is 12.8. The van der Waals surface area contributed by atoms with Gasteiger partial charge in [-0.3, -0.25) is 4.98 Å². The Morgan fingerprint density at radius 1 is 1.04 bits per heavy atom. The normalized spacial score (nSPS) is 9.81. The molecule has 0 bridgehead atoms. The van der Waals surface area contributed by atoms with Crippen molar-refractivity contribution in [1.82, 2.24) is 4.98 Å². The first-order chi connectivity index (χ1) is 13.2. The van der Waals surface area contributed by atoms with Crippen LogP contribution in [0.3, 0.4) is 0 Å². The van der Waals surface area contributed by atoms with Gasteiger partial charge in [0.15, 0.2) is 6.61 Å². The molecule has 0 saturated carbocycles. The molecule has 0 unspecified atom stereocenters. The molecule has 0 aliphatic carbocycles. The fourth-order valence-electron chi connectivity index (χ4n) is 2.19. The van der Waals surface area contributed by atoms with E-state index in [1.165, 1.54) is 12.1 Å². The van der Waals surface area contributed by atoms with E-state index < -0.39 is 5.97 Å². The second kappa shape index (κ2) is 9.16. The standard InChI is InChI=1S/C22H16FNO3/c23-20-9-5-17(6-10-20)4-2-14-26-22(25)19-7-11-21(12-8-19)27-16-18-3-1-13-24-15-18/h1,3,5-13,15H,14,16H2. The first kappa shape index (κ1) is 18.2. The molecule has 0 saturated heterocycles. The molecule has 3 rings (SSSR count). The average molecular weight is 361 g/mol. The minimum absolute atomic E-state index is 0.0462. The molecular weight excluding hydrogens is 345 g/mol. The summed E-state index contributed by atoms with van der Waals surface area (Å²) in [5.41, 5.74) is 2.02. The maximum absolute atomic E-state index is 12.8. The molecule has 1 aromatic heterocycles. The Bertz CT molecular complexity index is 943. The lowest BCUT2D eigenvalue weighted by Gasteiger charge is -2.06. The molecule has 0 aliphatic heterocycles. The van der Waals surface area contributed by atoms with Crippen LogP contribution in [0.25, 0.3) is 0 Å². The molecular formula is C22H16FNO3. The zero-order valence-corrected chi connectivity index (χ0v) is 14.4. The number of nitrogens with zero attached hydrogens (tertiary/aromatic N) is 1. The predicted molar refractivity (Wildman–Crippen MR) is 98.6 cm³/mol. The monoisotopic (exact) mass is 361 g/mol. The third kappa shape index (κ3) is 5.68. The van der Waals surface area contributed by atoms with Gasteiger partial charge in [-0.25, -0.2) is 9.18 Å². The molecule has 0 fully saturated rings. The van der Waals surface area contributed by atoms with Crippen molar-refractivity contribution in [2.75, 3.05) is 6.61 Å². The zero-order chi connectivity index (χ0) is 18.9. The SMILES string of the molecule is O=C(OCC#Cc1ccc(F)cc1)c1ccc(OCc2cccnc2)cc1. The van der Waals surface area contributed by atoms with Crippen molar-refractivity contribution in [3.63, 3.8) is 0 Å². The molecule has 0 amide bonds. The van der Waals surface area contributed by atoms with Crippen LogP contribution in [0.1, 0.15) is 21.5 Å².